The van der Waals surface area contributed by atoms with E-state index in [1.165, 1.54) is 44.3 Å². The second-order valence-electron chi connectivity index (χ2n) is 8.77. The first-order chi connectivity index (χ1) is 12.8. The van der Waals surface area contributed by atoms with Gasteiger partial charge in [-0.3, -0.25) is 9.69 Å². The number of likely N-dealkylation sites (tertiary alicyclic amines) is 1. The van der Waals surface area contributed by atoms with Gasteiger partial charge >= 0.3 is 0 Å². The lowest BCUT2D eigenvalue weighted by molar-refractivity contribution is -0.136. The van der Waals surface area contributed by atoms with E-state index in [0.29, 0.717) is 42.5 Å². The molecule has 5 nitrogen and oxygen atoms in total. The summed E-state index contributed by atoms with van der Waals surface area (Å²) in [6.07, 6.45) is 5.76. The fourth-order valence-corrected chi connectivity index (χ4v) is 5.83. The highest BCUT2D eigenvalue weighted by molar-refractivity contribution is 5.78. The van der Waals surface area contributed by atoms with Crippen LogP contribution in [0.1, 0.15) is 43.6 Å². The smallest absolute Gasteiger partial charge is 0.231 e. The summed E-state index contributed by atoms with van der Waals surface area (Å²) < 4.78 is 11.1. The third kappa shape index (κ3) is 2.29. The zero-order valence-corrected chi connectivity index (χ0v) is 15.1. The summed E-state index contributed by atoms with van der Waals surface area (Å²) in [7, 11) is 0. The van der Waals surface area contributed by atoms with E-state index in [2.05, 4.69) is 21.9 Å². The number of carbonyl (C=O) groups is 1. The predicted molar refractivity (Wildman–Crippen MR) is 96.2 cm³/mol. The van der Waals surface area contributed by atoms with Crippen molar-refractivity contribution < 1.29 is 14.3 Å². The Morgan fingerprint density at radius 3 is 2.65 bits per heavy atom. The van der Waals surface area contributed by atoms with Gasteiger partial charge in [-0.1, -0.05) is 6.07 Å². The van der Waals surface area contributed by atoms with E-state index in [0.717, 1.165) is 24.5 Å². The number of fused-ring (bicyclic) bond motifs is 3. The van der Waals surface area contributed by atoms with Gasteiger partial charge in [-0.25, -0.2) is 0 Å². The molecular formula is C21H26N2O3. The lowest BCUT2D eigenvalue weighted by Crippen LogP contribution is -2.60. The standard InChI is InChI=1S/C21H26N2O3/c24-19(9-13-1-2-13)23-11-16(15-3-4-17-18(10-15)26-12-25-17)21-20(23)14-5-7-22(21)8-6-14/h3-4,10,13-14,16,20-21H,1-2,5-9,11-12H2/t16-,20+,21+/m0/s1. The van der Waals surface area contributed by atoms with E-state index in [9.17, 15) is 4.79 Å². The molecule has 2 bridgehead atoms. The number of amides is 1. The summed E-state index contributed by atoms with van der Waals surface area (Å²) in [4.78, 5) is 18.0. The van der Waals surface area contributed by atoms with Crippen molar-refractivity contribution in [3.8, 4) is 11.5 Å². The van der Waals surface area contributed by atoms with E-state index in [1.807, 2.05) is 6.07 Å². The topological polar surface area (TPSA) is 42.0 Å². The number of hydrogen-bond donors (Lipinski definition) is 0. The number of nitrogens with zero attached hydrogens (tertiary/aromatic N) is 2. The first kappa shape index (κ1) is 15.3. The quantitative estimate of drug-likeness (QED) is 0.837. The van der Waals surface area contributed by atoms with Gasteiger partial charge in [0.2, 0.25) is 12.7 Å². The van der Waals surface area contributed by atoms with Crippen LogP contribution < -0.4 is 9.47 Å². The summed E-state index contributed by atoms with van der Waals surface area (Å²) in [5, 5.41) is 0. The molecule has 0 unspecified atom stereocenters. The van der Waals surface area contributed by atoms with Crippen molar-refractivity contribution in [2.24, 2.45) is 11.8 Å². The molecule has 4 saturated heterocycles. The Bertz CT molecular complexity index is 739. The third-order valence-electron chi connectivity index (χ3n) is 7.30. The summed E-state index contributed by atoms with van der Waals surface area (Å²) in [5.41, 5.74) is 1.30. The maximum atomic E-state index is 13.1. The van der Waals surface area contributed by atoms with Crippen LogP contribution in [0.4, 0.5) is 0 Å². The molecule has 26 heavy (non-hydrogen) atoms. The zero-order chi connectivity index (χ0) is 17.3. The van der Waals surface area contributed by atoms with Crippen LogP contribution in [0.15, 0.2) is 18.2 Å². The average Bonchev–Trinajstić information content (AvgIpc) is 3.21. The SMILES string of the molecule is O=C(CC1CC1)N1C[C@@H](c2ccc3c(c2)OCO3)[C@@H]2[C@H]1C1CCN2CC1. The van der Waals surface area contributed by atoms with Gasteiger partial charge in [-0.2, -0.15) is 0 Å². The Morgan fingerprint density at radius 2 is 1.85 bits per heavy atom. The minimum Gasteiger partial charge on any atom is -0.454 e. The molecule has 1 aromatic rings. The van der Waals surface area contributed by atoms with Gasteiger partial charge in [0, 0.05) is 24.9 Å². The normalized spacial score (nSPS) is 37.1. The lowest BCUT2D eigenvalue weighted by Gasteiger charge is -2.51. The Kier molecular flexibility index (Phi) is 3.31. The first-order valence-electron chi connectivity index (χ1n) is 10.2. The first-order valence-corrected chi connectivity index (χ1v) is 10.2. The van der Waals surface area contributed by atoms with Crippen molar-refractivity contribution in [1.82, 2.24) is 9.80 Å². The molecule has 0 N–H and O–H groups in total. The Morgan fingerprint density at radius 1 is 1.04 bits per heavy atom. The molecule has 1 saturated carbocycles. The highest BCUT2D eigenvalue weighted by Gasteiger charge is 2.54. The van der Waals surface area contributed by atoms with Gasteiger partial charge in [0.15, 0.2) is 11.5 Å². The number of ether oxygens (including phenoxy) is 2. The molecule has 5 heterocycles. The number of carbonyl (C=O) groups excluding carboxylic acids is 1. The van der Waals surface area contributed by atoms with Crippen LogP contribution in [-0.2, 0) is 4.79 Å². The predicted octanol–water partition coefficient (Wildman–Crippen LogP) is 2.60. The molecule has 0 spiro atoms. The fourth-order valence-electron chi connectivity index (χ4n) is 5.83. The maximum Gasteiger partial charge on any atom is 0.231 e. The monoisotopic (exact) mass is 354 g/mol. The molecule has 138 valence electrons. The molecule has 1 aromatic carbocycles. The van der Waals surface area contributed by atoms with Crippen molar-refractivity contribution in [1.29, 1.82) is 0 Å². The highest BCUT2D eigenvalue weighted by Crippen LogP contribution is 2.48. The van der Waals surface area contributed by atoms with E-state index < -0.39 is 0 Å². The molecule has 7 rings (SSSR count). The van der Waals surface area contributed by atoms with Crippen LogP contribution in [-0.4, -0.2) is 54.2 Å². The summed E-state index contributed by atoms with van der Waals surface area (Å²) in [6.45, 7) is 3.57. The van der Waals surface area contributed by atoms with Gasteiger partial charge in [0.05, 0.1) is 6.04 Å². The zero-order valence-electron chi connectivity index (χ0n) is 15.1. The van der Waals surface area contributed by atoms with Gasteiger partial charge in [0.25, 0.3) is 0 Å². The average molecular weight is 354 g/mol. The molecular weight excluding hydrogens is 328 g/mol. The van der Waals surface area contributed by atoms with Crippen LogP contribution >= 0.6 is 0 Å². The number of rotatable bonds is 3. The number of hydrogen-bond acceptors (Lipinski definition) is 4. The molecule has 1 amide bonds. The van der Waals surface area contributed by atoms with Crippen LogP contribution in [0, 0.1) is 11.8 Å². The van der Waals surface area contributed by atoms with Crippen molar-refractivity contribution in [3.05, 3.63) is 23.8 Å². The number of piperidine rings is 3. The van der Waals surface area contributed by atoms with Gasteiger partial charge in [-0.15, -0.1) is 0 Å². The minimum absolute atomic E-state index is 0.315. The highest BCUT2D eigenvalue weighted by atomic mass is 16.7. The summed E-state index contributed by atoms with van der Waals surface area (Å²) in [6, 6.07) is 7.28. The molecule has 0 radical (unpaired) electrons. The fraction of sp³-hybridized carbons (Fsp3) is 0.667. The van der Waals surface area contributed by atoms with Gasteiger partial charge < -0.3 is 14.4 Å². The summed E-state index contributed by atoms with van der Waals surface area (Å²) >= 11 is 0. The molecule has 5 aliphatic heterocycles. The largest absolute Gasteiger partial charge is 0.454 e. The minimum atomic E-state index is 0.315. The van der Waals surface area contributed by atoms with E-state index in [1.54, 1.807) is 0 Å². The Balaban J connectivity index is 1.34. The van der Waals surface area contributed by atoms with Crippen LogP contribution in [0.3, 0.4) is 0 Å². The van der Waals surface area contributed by atoms with E-state index >= 15 is 0 Å². The Hall–Kier alpha value is -1.75. The number of benzene rings is 1. The lowest BCUT2D eigenvalue weighted by atomic mass is 9.75. The van der Waals surface area contributed by atoms with Crippen molar-refractivity contribution in [2.45, 2.75) is 50.1 Å². The second-order valence-corrected chi connectivity index (χ2v) is 8.77. The third-order valence-corrected chi connectivity index (χ3v) is 7.30. The van der Waals surface area contributed by atoms with Gasteiger partial charge in [-0.05, 0) is 68.3 Å². The molecule has 5 fully saturated rings. The van der Waals surface area contributed by atoms with Crippen molar-refractivity contribution in [3.63, 3.8) is 0 Å². The summed E-state index contributed by atoms with van der Waals surface area (Å²) in [5.74, 6) is 3.84. The maximum absolute atomic E-state index is 13.1. The Labute approximate surface area is 154 Å². The van der Waals surface area contributed by atoms with Crippen molar-refractivity contribution in [2.75, 3.05) is 26.4 Å². The molecule has 0 aromatic heterocycles. The van der Waals surface area contributed by atoms with Crippen LogP contribution in [0.5, 0.6) is 11.5 Å². The van der Waals surface area contributed by atoms with Crippen LogP contribution in [0.2, 0.25) is 0 Å². The molecule has 5 heteroatoms. The van der Waals surface area contributed by atoms with Gasteiger partial charge in [0.1, 0.15) is 0 Å². The molecule has 1 aliphatic carbocycles. The van der Waals surface area contributed by atoms with Crippen LogP contribution in [0.25, 0.3) is 0 Å². The van der Waals surface area contributed by atoms with E-state index in [-0.39, 0.29) is 0 Å². The van der Waals surface area contributed by atoms with E-state index in [4.69, 9.17) is 9.47 Å². The molecule has 3 atom stereocenters. The molecule has 6 aliphatic rings. The second kappa shape index (κ2) is 5.62. The van der Waals surface area contributed by atoms with Crippen molar-refractivity contribution >= 4 is 5.91 Å².